The Labute approximate surface area is 197 Å². The average molecular weight is 506 g/mol. The predicted molar refractivity (Wildman–Crippen MR) is 124 cm³/mol. The van der Waals surface area contributed by atoms with Crippen LogP contribution in [0.2, 0.25) is 15.1 Å². The third-order valence-electron chi connectivity index (χ3n) is 5.24. The number of ether oxygens (including phenoxy) is 1. The first-order chi connectivity index (χ1) is 14.7. The van der Waals surface area contributed by atoms with Crippen LogP contribution in [0.1, 0.15) is 32.1 Å². The zero-order chi connectivity index (χ0) is 22.6. The fourth-order valence-electron chi connectivity index (χ4n) is 3.65. The summed E-state index contributed by atoms with van der Waals surface area (Å²) < 4.78 is 33.4. The van der Waals surface area contributed by atoms with Crippen molar-refractivity contribution in [2.45, 2.75) is 43.0 Å². The fourth-order valence-corrected chi connectivity index (χ4v) is 5.99. The lowest BCUT2D eigenvalue weighted by molar-refractivity contribution is -0.116. The third-order valence-corrected chi connectivity index (χ3v) is 8.25. The molecule has 0 radical (unpaired) electrons. The number of rotatable bonds is 7. The fraction of sp³-hybridized carbons (Fsp3) is 0.381. The molecule has 0 heterocycles. The van der Waals surface area contributed by atoms with Crippen LogP contribution in [-0.2, 0) is 14.8 Å². The molecule has 6 nitrogen and oxygen atoms in total. The maximum atomic E-state index is 13.5. The number of halogens is 3. The smallest absolute Gasteiger partial charge is 0.243 e. The summed E-state index contributed by atoms with van der Waals surface area (Å²) in [5.41, 5.74) is 0.327. The normalized spacial score (nSPS) is 15.1. The molecular weight excluding hydrogens is 483 g/mol. The van der Waals surface area contributed by atoms with Crippen LogP contribution in [0.25, 0.3) is 0 Å². The molecule has 31 heavy (non-hydrogen) atoms. The van der Waals surface area contributed by atoms with Gasteiger partial charge in [0.1, 0.15) is 5.75 Å². The van der Waals surface area contributed by atoms with E-state index in [4.69, 9.17) is 39.5 Å². The van der Waals surface area contributed by atoms with E-state index in [1.54, 1.807) is 18.2 Å². The van der Waals surface area contributed by atoms with Crippen LogP contribution >= 0.6 is 34.8 Å². The van der Waals surface area contributed by atoms with Gasteiger partial charge in [0.05, 0.1) is 39.3 Å². The second-order valence-corrected chi connectivity index (χ2v) is 10.4. The van der Waals surface area contributed by atoms with Crippen LogP contribution in [-0.4, -0.2) is 38.3 Å². The summed E-state index contributed by atoms with van der Waals surface area (Å²) in [5.74, 6) is -0.129. The minimum atomic E-state index is -3.98. The number of nitrogens with one attached hydrogen (secondary N) is 1. The topological polar surface area (TPSA) is 75.7 Å². The third kappa shape index (κ3) is 5.65. The molecule has 0 saturated heterocycles. The average Bonchev–Trinajstić information content (AvgIpc) is 2.75. The van der Waals surface area contributed by atoms with E-state index >= 15 is 0 Å². The summed E-state index contributed by atoms with van der Waals surface area (Å²) in [4.78, 5) is 12.8. The van der Waals surface area contributed by atoms with E-state index in [1.807, 2.05) is 0 Å². The molecule has 0 atom stereocenters. The lowest BCUT2D eigenvalue weighted by Gasteiger charge is -2.33. The van der Waals surface area contributed by atoms with Crippen molar-refractivity contribution in [3.8, 4) is 5.75 Å². The number of methoxy groups -OCH3 is 1. The molecule has 10 heteroatoms. The van der Waals surface area contributed by atoms with E-state index in [0.717, 1.165) is 19.3 Å². The molecule has 0 aromatic heterocycles. The first-order valence-corrected chi connectivity index (χ1v) is 12.4. The van der Waals surface area contributed by atoms with Gasteiger partial charge >= 0.3 is 0 Å². The van der Waals surface area contributed by atoms with Crippen LogP contribution in [0.5, 0.6) is 5.75 Å². The summed E-state index contributed by atoms with van der Waals surface area (Å²) in [6.45, 7) is -0.348. The summed E-state index contributed by atoms with van der Waals surface area (Å²) >= 11 is 18.3. The molecule has 0 aliphatic heterocycles. The Hall–Kier alpha value is -1.51. The molecule has 1 N–H and O–H groups in total. The van der Waals surface area contributed by atoms with E-state index in [9.17, 15) is 13.2 Å². The summed E-state index contributed by atoms with van der Waals surface area (Å²) in [6, 6.07) is 8.86. The van der Waals surface area contributed by atoms with Crippen molar-refractivity contribution in [1.82, 2.24) is 4.31 Å². The second-order valence-electron chi connectivity index (χ2n) is 7.29. The lowest BCUT2D eigenvalue weighted by Crippen LogP contribution is -2.45. The quantitative estimate of drug-likeness (QED) is 0.530. The highest BCUT2D eigenvalue weighted by Crippen LogP contribution is 2.33. The van der Waals surface area contributed by atoms with Gasteiger partial charge in [-0.25, -0.2) is 8.42 Å². The Morgan fingerprint density at radius 2 is 1.81 bits per heavy atom. The second kappa shape index (κ2) is 10.4. The Morgan fingerprint density at radius 1 is 1.10 bits per heavy atom. The van der Waals surface area contributed by atoms with Crippen molar-refractivity contribution in [3.05, 3.63) is 51.5 Å². The van der Waals surface area contributed by atoms with Gasteiger partial charge < -0.3 is 10.1 Å². The Bertz CT molecular complexity index is 1060. The molecule has 3 rings (SSSR count). The molecule has 0 bridgehead atoms. The number of sulfonamides is 1. The number of hydrogen-bond donors (Lipinski definition) is 1. The monoisotopic (exact) mass is 504 g/mol. The Kier molecular flexibility index (Phi) is 8.10. The molecule has 0 spiro atoms. The van der Waals surface area contributed by atoms with Crippen molar-refractivity contribution in [2.24, 2.45) is 0 Å². The summed E-state index contributed by atoms with van der Waals surface area (Å²) in [5, 5.41) is 3.34. The molecule has 1 aliphatic rings. The minimum Gasteiger partial charge on any atom is -0.495 e. The lowest BCUT2D eigenvalue weighted by atomic mass is 9.95. The van der Waals surface area contributed by atoms with Crippen molar-refractivity contribution in [1.29, 1.82) is 0 Å². The molecule has 1 fully saturated rings. The molecule has 1 amide bonds. The van der Waals surface area contributed by atoms with Gasteiger partial charge in [-0.1, -0.05) is 60.1 Å². The van der Waals surface area contributed by atoms with Gasteiger partial charge in [0.2, 0.25) is 15.9 Å². The molecular formula is C21H23Cl3N2O4S. The van der Waals surface area contributed by atoms with Gasteiger partial charge in [0.25, 0.3) is 0 Å². The van der Waals surface area contributed by atoms with Crippen molar-refractivity contribution >= 4 is 56.4 Å². The first kappa shape index (κ1) is 24.1. The van der Waals surface area contributed by atoms with E-state index in [-0.39, 0.29) is 27.5 Å². The predicted octanol–water partition coefficient (Wildman–Crippen LogP) is 5.62. The Morgan fingerprint density at radius 3 is 2.45 bits per heavy atom. The molecule has 168 valence electrons. The van der Waals surface area contributed by atoms with Gasteiger partial charge in [0.15, 0.2) is 0 Å². The maximum Gasteiger partial charge on any atom is 0.243 e. The molecule has 2 aromatic carbocycles. The van der Waals surface area contributed by atoms with Crippen LogP contribution in [0.15, 0.2) is 41.3 Å². The van der Waals surface area contributed by atoms with Gasteiger partial charge in [0, 0.05) is 6.04 Å². The van der Waals surface area contributed by atoms with Gasteiger partial charge in [-0.05, 0) is 43.2 Å². The van der Waals surface area contributed by atoms with Crippen LogP contribution in [0, 0.1) is 0 Å². The van der Waals surface area contributed by atoms with Crippen molar-refractivity contribution < 1.29 is 17.9 Å². The van der Waals surface area contributed by atoms with Crippen molar-refractivity contribution in [3.63, 3.8) is 0 Å². The van der Waals surface area contributed by atoms with Gasteiger partial charge in [-0.3, -0.25) is 4.79 Å². The largest absolute Gasteiger partial charge is 0.495 e. The van der Waals surface area contributed by atoms with E-state index in [0.29, 0.717) is 29.3 Å². The molecule has 1 aliphatic carbocycles. The summed E-state index contributed by atoms with van der Waals surface area (Å²) in [7, 11) is -2.53. The van der Waals surface area contributed by atoms with Crippen LogP contribution in [0.4, 0.5) is 5.69 Å². The van der Waals surface area contributed by atoms with Crippen LogP contribution < -0.4 is 10.1 Å². The van der Waals surface area contributed by atoms with Crippen molar-refractivity contribution in [2.75, 3.05) is 19.0 Å². The zero-order valence-corrected chi connectivity index (χ0v) is 20.0. The number of nitrogens with zero attached hydrogens (tertiary/aromatic N) is 1. The van der Waals surface area contributed by atoms with E-state index in [2.05, 4.69) is 5.32 Å². The van der Waals surface area contributed by atoms with Crippen LogP contribution in [0.3, 0.4) is 0 Å². The highest BCUT2D eigenvalue weighted by molar-refractivity contribution is 7.89. The standard InChI is InChI=1S/C21H23Cl3N2O4S/c1-30-19-11-10-15(12-17(19)23)31(28,29)26(14-6-3-2-4-7-14)13-20(27)25-18-9-5-8-16(22)21(18)24/h5,8-12,14H,2-4,6-7,13H2,1H3,(H,25,27). The maximum absolute atomic E-state index is 13.5. The first-order valence-electron chi connectivity index (χ1n) is 9.83. The summed E-state index contributed by atoms with van der Waals surface area (Å²) in [6.07, 6.45) is 4.23. The molecule has 1 saturated carbocycles. The number of amides is 1. The number of carbonyl (C=O) groups excluding carboxylic acids is 1. The molecule has 2 aromatic rings. The Balaban J connectivity index is 1.89. The number of carbonyl (C=O) groups is 1. The number of anilines is 1. The van der Waals surface area contributed by atoms with Gasteiger partial charge in [-0.15, -0.1) is 0 Å². The molecule has 0 unspecified atom stereocenters. The highest BCUT2D eigenvalue weighted by atomic mass is 35.5. The number of benzene rings is 2. The highest BCUT2D eigenvalue weighted by Gasteiger charge is 2.34. The van der Waals surface area contributed by atoms with Gasteiger partial charge in [-0.2, -0.15) is 4.31 Å². The van der Waals surface area contributed by atoms with E-state index in [1.165, 1.54) is 29.6 Å². The zero-order valence-electron chi connectivity index (χ0n) is 16.9. The minimum absolute atomic E-state index is 0.0115. The number of hydrogen-bond acceptors (Lipinski definition) is 4. The van der Waals surface area contributed by atoms with E-state index < -0.39 is 15.9 Å². The SMILES string of the molecule is COc1ccc(S(=O)(=O)N(CC(=O)Nc2cccc(Cl)c2Cl)C2CCCCC2)cc1Cl.